The van der Waals surface area contributed by atoms with Gasteiger partial charge in [-0.25, -0.2) is 9.78 Å². The highest BCUT2D eigenvalue weighted by Crippen LogP contribution is 2.10. The number of hydrogen-bond acceptors (Lipinski definition) is 3. The first kappa shape index (κ1) is 9.45. The van der Waals surface area contributed by atoms with Gasteiger partial charge in [0.25, 0.3) is 0 Å². The minimum atomic E-state index is -0.413. The van der Waals surface area contributed by atoms with Crippen LogP contribution in [0.4, 0.5) is 0 Å². The van der Waals surface area contributed by atoms with Crippen molar-refractivity contribution >= 4 is 34.2 Å². The predicted octanol–water partition coefficient (Wildman–Crippen LogP) is 1.73. The maximum atomic E-state index is 11.2. The van der Waals surface area contributed by atoms with Gasteiger partial charge in [0.1, 0.15) is 5.65 Å². The third-order valence-electron chi connectivity index (χ3n) is 1.82. The van der Waals surface area contributed by atoms with E-state index in [-0.39, 0.29) is 0 Å². The number of halogens is 1. The zero-order chi connectivity index (χ0) is 10.1. The van der Waals surface area contributed by atoms with E-state index in [4.69, 9.17) is 0 Å². The van der Waals surface area contributed by atoms with E-state index in [2.05, 4.69) is 32.3 Å². The number of carbonyl (C=O) groups is 1. The molecule has 0 atom stereocenters. The monoisotopic (exact) mass is 302 g/mol. The summed E-state index contributed by atoms with van der Waals surface area (Å²) in [5.74, 6) is -0.413. The van der Waals surface area contributed by atoms with Gasteiger partial charge in [-0.1, -0.05) is 0 Å². The second kappa shape index (κ2) is 3.56. The van der Waals surface area contributed by atoms with Crippen molar-refractivity contribution in [3.63, 3.8) is 0 Å². The van der Waals surface area contributed by atoms with Crippen LogP contribution < -0.4 is 0 Å². The van der Waals surface area contributed by atoms with E-state index >= 15 is 0 Å². The van der Waals surface area contributed by atoms with Crippen LogP contribution in [0, 0.1) is 3.57 Å². The summed E-state index contributed by atoms with van der Waals surface area (Å²) in [5, 5.41) is 0. The van der Waals surface area contributed by atoms with Crippen molar-refractivity contribution in [3.05, 3.63) is 33.8 Å². The number of aromatic nitrogens is 2. The summed E-state index contributed by atoms with van der Waals surface area (Å²) in [4.78, 5) is 15.3. The molecule has 0 aliphatic carbocycles. The first-order valence-electron chi connectivity index (χ1n) is 3.93. The Morgan fingerprint density at radius 1 is 1.64 bits per heavy atom. The van der Waals surface area contributed by atoms with Crippen molar-refractivity contribution in [1.29, 1.82) is 0 Å². The Labute approximate surface area is 94.0 Å². The van der Waals surface area contributed by atoms with Crippen LogP contribution in [0.25, 0.3) is 5.65 Å². The Balaban J connectivity index is 2.56. The van der Waals surface area contributed by atoms with E-state index in [1.807, 2.05) is 18.3 Å². The Bertz CT molecular complexity index is 493. The third-order valence-corrected chi connectivity index (χ3v) is 2.49. The van der Waals surface area contributed by atoms with Crippen LogP contribution in [0.2, 0.25) is 0 Å². The molecule has 14 heavy (non-hydrogen) atoms. The van der Waals surface area contributed by atoms with Crippen LogP contribution in [0.5, 0.6) is 0 Å². The molecule has 0 spiro atoms. The van der Waals surface area contributed by atoms with Crippen molar-refractivity contribution in [2.45, 2.75) is 0 Å². The van der Waals surface area contributed by atoms with E-state index in [1.165, 1.54) is 7.11 Å². The molecule has 2 aromatic heterocycles. The van der Waals surface area contributed by atoms with Gasteiger partial charge in [-0.2, -0.15) is 0 Å². The first-order chi connectivity index (χ1) is 6.70. The van der Waals surface area contributed by atoms with Crippen molar-refractivity contribution < 1.29 is 9.53 Å². The average molecular weight is 302 g/mol. The summed E-state index contributed by atoms with van der Waals surface area (Å²) in [6.07, 6.45) is 3.51. The van der Waals surface area contributed by atoms with Crippen LogP contribution in [-0.2, 0) is 4.74 Å². The molecule has 0 fully saturated rings. The van der Waals surface area contributed by atoms with Gasteiger partial charge in [0.05, 0.1) is 7.11 Å². The lowest BCUT2D eigenvalue weighted by Gasteiger charge is -1.91. The van der Waals surface area contributed by atoms with Gasteiger partial charge in [0.15, 0.2) is 5.69 Å². The number of nitrogens with zero attached hydrogens (tertiary/aromatic N) is 2. The van der Waals surface area contributed by atoms with Crippen LogP contribution in [-0.4, -0.2) is 22.5 Å². The lowest BCUT2D eigenvalue weighted by molar-refractivity contribution is 0.0595. The fourth-order valence-corrected chi connectivity index (χ4v) is 1.60. The Hall–Kier alpha value is -1.11. The summed E-state index contributed by atoms with van der Waals surface area (Å²) >= 11 is 2.19. The molecule has 0 aliphatic rings. The molecule has 4 nitrogen and oxygen atoms in total. The number of hydrogen-bond donors (Lipinski definition) is 0. The van der Waals surface area contributed by atoms with Crippen LogP contribution >= 0.6 is 22.6 Å². The van der Waals surface area contributed by atoms with E-state index in [9.17, 15) is 4.79 Å². The van der Waals surface area contributed by atoms with Gasteiger partial charge in [-0.05, 0) is 34.7 Å². The van der Waals surface area contributed by atoms with Crippen LogP contribution in [0.3, 0.4) is 0 Å². The molecule has 2 rings (SSSR count). The number of ether oxygens (including phenoxy) is 1. The van der Waals surface area contributed by atoms with Gasteiger partial charge in [-0.15, -0.1) is 0 Å². The summed E-state index contributed by atoms with van der Waals surface area (Å²) in [6, 6.07) is 3.84. The molecule has 0 saturated carbocycles. The number of imidazole rings is 1. The molecule has 0 N–H and O–H groups in total. The number of pyridine rings is 1. The molecule has 2 heterocycles. The van der Waals surface area contributed by atoms with E-state index < -0.39 is 5.97 Å². The molecule has 0 aromatic carbocycles. The minimum absolute atomic E-state index is 0.328. The molecule has 0 unspecified atom stereocenters. The Morgan fingerprint density at radius 2 is 2.43 bits per heavy atom. The van der Waals surface area contributed by atoms with Gasteiger partial charge < -0.3 is 9.14 Å². The minimum Gasteiger partial charge on any atom is -0.464 e. The molecule has 0 amide bonds. The highest BCUT2D eigenvalue weighted by Gasteiger charge is 2.10. The van der Waals surface area contributed by atoms with Gasteiger partial charge in [0.2, 0.25) is 0 Å². The normalized spacial score (nSPS) is 10.4. The standard InChI is InChI=1S/C9H7IN2O2/c1-14-9(13)7-5-12-3-2-6(10)4-8(12)11-7/h2-5H,1H3. The topological polar surface area (TPSA) is 43.6 Å². The summed E-state index contributed by atoms with van der Waals surface area (Å²) in [5.41, 5.74) is 1.08. The number of esters is 1. The number of methoxy groups -OCH3 is 1. The Morgan fingerprint density at radius 3 is 3.14 bits per heavy atom. The van der Waals surface area contributed by atoms with Gasteiger partial charge in [0, 0.05) is 16.0 Å². The fraction of sp³-hybridized carbons (Fsp3) is 0.111. The Kier molecular flexibility index (Phi) is 2.40. The second-order valence-electron chi connectivity index (χ2n) is 2.73. The largest absolute Gasteiger partial charge is 0.464 e. The SMILES string of the molecule is COC(=O)c1cn2ccc(I)cc2n1. The quantitative estimate of drug-likeness (QED) is 0.595. The van der Waals surface area contributed by atoms with Crippen molar-refractivity contribution in [2.75, 3.05) is 7.11 Å². The molecule has 72 valence electrons. The molecule has 2 aromatic rings. The maximum absolute atomic E-state index is 11.2. The smallest absolute Gasteiger partial charge is 0.358 e. The third kappa shape index (κ3) is 1.59. The number of carbonyl (C=O) groups excluding carboxylic acids is 1. The molecular weight excluding hydrogens is 295 g/mol. The van der Waals surface area contributed by atoms with E-state index in [0.29, 0.717) is 5.69 Å². The predicted molar refractivity (Wildman–Crippen MR) is 59.2 cm³/mol. The zero-order valence-electron chi connectivity index (χ0n) is 7.40. The highest BCUT2D eigenvalue weighted by molar-refractivity contribution is 14.1. The van der Waals surface area contributed by atoms with Crippen LogP contribution in [0.1, 0.15) is 10.5 Å². The summed E-state index contributed by atoms with van der Waals surface area (Å²) in [7, 11) is 1.34. The molecule has 0 saturated heterocycles. The maximum Gasteiger partial charge on any atom is 0.358 e. The van der Waals surface area contributed by atoms with Gasteiger partial charge in [-0.3, -0.25) is 0 Å². The lowest BCUT2D eigenvalue weighted by atomic mass is 10.5. The fourth-order valence-electron chi connectivity index (χ4n) is 1.16. The van der Waals surface area contributed by atoms with Gasteiger partial charge >= 0.3 is 5.97 Å². The number of rotatable bonds is 1. The molecule has 0 bridgehead atoms. The number of fused-ring (bicyclic) bond motifs is 1. The molecule has 5 heteroatoms. The zero-order valence-corrected chi connectivity index (χ0v) is 9.56. The molecule has 0 radical (unpaired) electrons. The average Bonchev–Trinajstić information content (AvgIpc) is 2.59. The molecular formula is C9H7IN2O2. The first-order valence-corrected chi connectivity index (χ1v) is 5.01. The lowest BCUT2D eigenvalue weighted by Crippen LogP contribution is -2.00. The second-order valence-corrected chi connectivity index (χ2v) is 3.97. The van der Waals surface area contributed by atoms with Crippen molar-refractivity contribution in [3.8, 4) is 0 Å². The van der Waals surface area contributed by atoms with E-state index in [1.54, 1.807) is 10.6 Å². The highest BCUT2D eigenvalue weighted by atomic mass is 127. The molecule has 0 aliphatic heterocycles. The van der Waals surface area contributed by atoms with Crippen LogP contribution in [0.15, 0.2) is 24.5 Å². The van der Waals surface area contributed by atoms with Crippen molar-refractivity contribution in [2.24, 2.45) is 0 Å². The summed E-state index contributed by atoms with van der Waals surface area (Å²) in [6.45, 7) is 0. The van der Waals surface area contributed by atoms with Crippen molar-refractivity contribution in [1.82, 2.24) is 9.38 Å². The summed E-state index contributed by atoms with van der Waals surface area (Å²) < 4.78 is 7.45. The van der Waals surface area contributed by atoms with E-state index in [0.717, 1.165) is 9.22 Å².